The van der Waals surface area contributed by atoms with Gasteiger partial charge in [0.15, 0.2) is 12.3 Å². The number of hydrogen-bond acceptors (Lipinski definition) is 6. The predicted octanol–water partition coefficient (Wildman–Crippen LogP) is 1.33. The molecular weight excluding hydrogens is 395 g/mol. The van der Waals surface area contributed by atoms with E-state index >= 15 is 0 Å². The molecular formula is C17H14F3N5O4. The summed E-state index contributed by atoms with van der Waals surface area (Å²) < 4.78 is 44.7. The smallest absolute Gasteiger partial charge is 0.416 e. The Kier molecular flexibility index (Phi) is 5.35. The molecule has 1 aromatic carbocycles. The lowest BCUT2D eigenvalue weighted by atomic mass is 10.2. The first-order chi connectivity index (χ1) is 13.6. The number of nitrogens with one attached hydrogen (secondary N) is 1. The number of carbonyl (C=O) groups excluding carboxylic acids is 2. The van der Waals surface area contributed by atoms with Gasteiger partial charge in [-0.25, -0.2) is 4.98 Å². The van der Waals surface area contributed by atoms with Gasteiger partial charge in [0, 0.05) is 12.7 Å². The van der Waals surface area contributed by atoms with Crippen molar-refractivity contribution >= 4 is 28.6 Å². The molecule has 3 aromatic rings. The van der Waals surface area contributed by atoms with E-state index in [0.29, 0.717) is 5.65 Å². The topological polar surface area (TPSA) is 108 Å². The number of anilines is 1. The van der Waals surface area contributed by atoms with Gasteiger partial charge < -0.3 is 10.1 Å². The zero-order valence-corrected chi connectivity index (χ0v) is 14.9. The Morgan fingerprint density at radius 1 is 1.21 bits per heavy atom. The molecule has 0 unspecified atom stereocenters. The number of rotatable bonds is 5. The van der Waals surface area contributed by atoms with Crippen LogP contribution in [0.4, 0.5) is 18.9 Å². The lowest BCUT2D eigenvalue weighted by molar-refractivity contribution is -0.148. The van der Waals surface area contributed by atoms with E-state index in [0.717, 1.165) is 35.2 Å². The summed E-state index contributed by atoms with van der Waals surface area (Å²) in [6, 6.07) is 3.79. The highest BCUT2D eigenvalue weighted by Gasteiger charge is 2.30. The van der Waals surface area contributed by atoms with Gasteiger partial charge in [0.25, 0.3) is 11.5 Å². The van der Waals surface area contributed by atoms with Crippen LogP contribution in [-0.2, 0) is 34.1 Å². The van der Waals surface area contributed by atoms with Crippen LogP contribution < -0.4 is 10.9 Å². The van der Waals surface area contributed by atoms with Crippen LogP contribution >= 0.6 is 0 Å². The molecule has 0 aliphatic rings. The van der Waals surface area contributed by atoms with Gasteiger partial charge >= 0.3 is 12.1 Å². The van der Waals surface area contributed by atoms with Crippen LogP contribution in [0.1, 0.15) is 5.56 Å². The van der Waals surface area contributed by atoms with Crippen LogP contribution in [0, 0.1) is 0 Å². The second-order valence-electron chi connectivity index (χ2n) is 5.97. The van der Waals surface area contributed by atoms with Crippen molar-refractivity contribution in [2.24, 2.45) is 7.05 Å². The number of esters is 1. The van der Waals surface area contributed by atoms with Gasteiger partial charge in [-0.15, -0.1) is 0 Å². The van der Waals surface area contributed by atoms with Gasteiger partial charge in [-0.1, -0.05) is 0 Å². The van der Waals surface area contributed by atoms with Gasteiger partial charge in [0.05, 0.1) is 11.8 Å². The summed E-state index contributed by atoms with van der Waals surface area (Å²) >= 11 is 0. The molecule has 1 amide bonds. The summed E-state index contributed by atoms with van der Waals surface area (Å²) in [7, 11) is 1.61. The van der Waals surface area contributed by atoms with Crippen LogP contribution in [0.5, 0.6) is 0 Å². The minimum Gasteiger partial charge on any atom is -0.454 e. The van der Waals surface area contributed by atoms with Crippen LogP contribution in [0.25, 0.3) is 11.0 Å². The number of amides is 1. The molecule has 1 N–H and O–H groups in total. The molecule has 12 heteroatoms. The molecule has 0 radical (unpaired) electrons. The number of benzene rings is 1. The maximum Gasteiger partial charge on any atom is 0.416 e. The van der Waals surface area contributed by atoms with Gasteiger partial charge in [-0.3, -0.25) is 23.6 Å². The number of aryl methyl sites for hydroxylation is 1. The number of hydrogen-bond donors (Lipinski definition) is 1. The van der Waals surface area contributed by atoms with Crippen LogP contribution in [0.3, 0.4) is 0 Å². The Morgan fingerprint density at radius 2 is 1.90 bits per heavy atom. The molecule has 9 nitrogen and oxygen atoms in total. The van der Waals surface area contributed by atoms with E-state index in [4.69, 9.17) is 4.74 Å². The highest BCUT2D eigenvalue weighted by Crippen LogP contribution is 2.29. The maximum absolute atomic E-state index is 12.5. The number of halogens is 3. The van der Waals surface area contributed by atoms with Crippen molar-refractivity contribution in [2.75, 3.05) is 11.9 Å². The average molecular weight is 409 g/mol. The van der Waals surface area contributed by atoms with E-state index in [1.165, 1.54) is 10.9 Å². The first-order valence-corrected chi connectivity index (χ1v) is 8.15. The summed E-state index contributed by atoms with van der Waals surface area (Å²) in [4.78, 5) is 40.0. The van der Waals surface area contributed by atoms with Crippen molar-refractivity contribution in [2.45, 2.75) is 12.7 Å². The lowest BCUT2D eigenvalue weighted by Crippen LogP contribution is -2.28. The molecule has 0 saturated carbocycles. The lowest BCUT2D eigenvalue weighted by Gasteiger charge is -2.09. The van der Waals surface area contributed by atoms with Crippen molar-refractivity contribution in [1.82, 2.24) is 19.3 Å². The monoisotopic (exact) mass is 409 g/mol. The molecule has 3 rings (SSSR count). The molecule has 0 aliphatic carbocycles. The molecule has 0 fully saturated rings. The second kappa shape index (κ2) is 7.73. The molecule has 0 bridgehead atoms. The van der Waals surface area contributed by atoms with Crippen molar-refractivity contribution in [3.05, 3.63) is 52.7 Å². The maximum atomic E-state index is 12.5. The van der Waals surface area contributed by atoms with E-state index in [9.17, 15) is 27.6 Å². The molecule has 152 valence electrons. The fraction of sp³-hybridized carbons (Fsp3) is 0.235. The third-order valence-electron chi connectivity index (χ3n) is 3.88. The molecule has 0 aliphatic heterocycles. The predicted molar refractivity (Wildman–Crippen MR) is 93.8 cm³/mol. The zero-order valence-electron chi connectivity index (χ0n) is 14.9. The quantitative estimate of drug-likeness (QED) is 0.637. The highest BCUT2D eigenvalue weighted by molar-refractivity contribution is 5.92. The van der Waals surface area contributed by atoms with Crippen LogP contribution in [-0.4, -0.2) is 37.8 Å². The standard InChI is InChI=1S/C17H14F3N5O4/c1-24-15-12(6-22-24)16(28)25(9-21-15)7-14(27)29-8-13(26)23-11-4-2-10(3-5-11)17(18,19)20/h2-6,9H,7-8H2,1H3,(H,23,26). The van der Waals surface area contributed by atoms with Crippen molar-refractivity contribution in [1.29, 1.82) is 0 Å². The Morgan fingerprint density at radius 3 is 2.55 bits per heavy atom. The van der Waals surface area contributed by atoms with E-state index in [-0.39, 0.29) is 11.1 Å². The molecule has 2 heterocycles. The van der Waals surface area contributed by atoms with Gasteiger partial charge in [0.1, 0.15) is 18.3 Å². The summed E-state index contributed by atoms with van der Waals surface area (Å²) in [5.41, 5.74) is -0.877. The second-order valence-corrected chi connectivity index (χ2v) is 5.97. The van der Waals surface area contributed by atoms with Crippen molar-refractivity contribution < 1.29 is 27.5 Å². The van der Waals surface area contributed by atoms with Gasteiger partial charge in [-0.05, 0) is 24.3 Å². The van der Waals surface area contributed by atoms with E-state index < -0.39 is 42.3 Å². The van der Waals surface area contributed by atoms with Crippen molar-refractivity contribution in [3.8, 4) is 0 Å². The molecule has 29 heavy (non-hydrogen) atoms. The van der Waals surface area contributed by atoms with Crippen LogP contribution in [0.15, 0.2) is 41.6 Å². The third-order valence-corrected chi connectivity index (χ3v) is 3.88. The molecule has 0 saturated heterocycles. The Hall–Kier alpha value is -3.70. The Balaban J connectivity index is 1.55. The SMILES string of the molecule is Cn1ncc2c(=O)n(CC(=O)OCC(=O)Nc3ccc(C(F)(F)F)cc3)cnc21. The summed E-state index contributed by atoms with van der Waals surface area (Å²) in [6.45, 7) is -1.14. The average Bonchev–Trinajstić information content (AvgIpc) is 3.04. The van der Waals surface area contributed by atoms with Gasteiger partial charge in [-0.2, -0.15) is 18.3 Å². The number of nitrogens with zero attached hydrogens (tertiary/aromatic N) is 4. The van der Waals surface area contributed by atoms with Gasteiger partial charge in [0.2, 0.25) is 0 Å². The summed E-state index contributed by atoms with van der Waals surface area (Å²) in [5, 5.41) is 6.43. The number of ether oxygens (including phenoxy) is 1. The zero-order chi connectivity index (χ0) is 21.2. The molecule has 0 spiro atoms. The van der Waals surface area contributed by atoms with Crippen molar-refractivity contribution in [3.63, 3.8) is 0 Å². The van der Waals surface area contributed by atoms with E-state index in [2.05, 4.69) is 15.4 Å². The number of alkyl halides is 3. The fourth-order valence-electron chi connectivity index (χ4n) is 2.45. The molecule has 2 aromatic heterocycles. The first kappa shape index (κ1) is 20.0. The first-order valence-electron chi connectivity index (χ1n) is 8.15. The summed E-state index contributed by atoms with van der Waals surface area (Å²) in [5.74, 6) is -1.61. The number of carbonyl (C=O) groups is 2. The normalized spacial score (nSPS) is 11.4. The fourth-order valence-corrected chi connectivity index (χ4v) is 2.45. The number of aromatic nitrogens is 4. The summed E-state index contributed by atoms with van der Waals surface area (Å²) in [6.07, 6.45) is -2.00. The van der Waals surface area contributed by atoms with E-state index in [1.54, 1.807) is 7.05 Å². The minimum atomic E-state index is -4.48. The van der Waals surface area contributed by atoms with Crippen LogP contribution in [0.2, 0.25) is 0 Å². The third kappa shape index (κ3) is 4.59. The molecule has 0 atom stereocenters. The minimum absolute atomic E-state index is 0.112. The number of fused-ring (bicyclic) bond motifs is 1. The Labute approximate surface area is 160 Å². The highest BCUT2D eigenvalue weighted by atomic mass is 19.4. The van der Waals surface area contributed by atoms with E-state index in [1.807, 2.05) is 0 Å². The Bertz CT molecular complexity index is 1120. The largest absolute Gasteiger partial charge is 0.454 e.